The van der Waals surface area contributed by atoms with E-state index in [-0.39, 0.29) is 5.91 Å². The van der Waals surface area contributed by atoms with Crippen LogP contribution in [0.4, 0.5) is 0 Å². The highest BCUT2D eigenvalue weighted by Crippen LogP contribution is 2.09. The molecule has 0 saturated carbocycles. The highest BCUT2D eigenvalue weighted by Gasteiger charge is 2.24. The summed E-state index contributed by atoms with van der Waals surface area (Å²) in [6.07, 6.45) is 0. The summed E-state index contributed by atoms with van der Waals surface area (Å²) in [5.74, 6) is 0.489. The maximum Gasteiger partial charge on any atom is 0.276 e. The SMILES string of the molecule is COCc1cc(C(=O)N2CCN[C@H](C)C2)no1. The minimum atomic E-state index is -0.0792. The third-order valence-electron chi connectivity index (χ3n) is 2.72. The average molecular weight is 239 g/mol. The summed E-state index contributed by atoms with van der Waals surface area (Å²) in [4.78, 5) is 13.9. The molecule has 1 aromatic rings. The minimum Gasteiger partial charge on any atom is -0.377 e. The van der Waals surface area contributed by atoms with Gasteiger partial charge < -0.3 is 19.5 Å². The average Bonchev–Trinajstić information content (AvgIpc) is 2.77. The molecule has 2 heterocycles. The normalized spacial score (nSPS) is 20.6. The van der Waals surface area contributed by atoms with Gasteiger partial charge in [-0.05, 0) is 6.92 Å². The zero-order chi connectivity index (χ0) is 12.3. The number of nitrogens with zero attached hydrogens (tertiary/aromatic N) is 2. The lowest BCUT2D eigenvalue weighted by molar-refractivity contribution is 0.0698. The third-order valence-corrected chi connectivity index (χ3v) is 2.72. The van der Waals surface area contributed by atoms with Gasteiger partial charge >= 0.3 is 0 Å². The molecule has 0 aromatic carbocycles. The molecule has 1 amide bonds. The van der Waals surface area contributed by atoms with Crippen molar-refractivity contribution in [2.75, 3.05) is 26.7 Å². The highest BCUT2D eigenvalue weighted by atomic mass is 16.5. The quantitative estimate of drug-likeness (QED) is 0.819. The number of amides is 1. The minimum absolute atomic E-state index is 0.0792. The second-order valence-electron chi connectivity index (χ2n) is 4.22. The van der Waals surface area contributed by atoms with Gasteiger partial charge in [0.25, 0.3) is 5.91 Å². The molecule has 1 aromatic heterocycles. The Labute approximate surface area is 99.9 Å². The number of carbonyl (C=O) groups is 1. The molecule has 6 nitrogen and oxygen atoms in total. The number of aromatic nitrogens is 1. The first-order valence-corrected chi connectivity index (χ1v) is 5.68. The molecule has 1 saturated heterocycles. The number of piperazine rings is 1. The fourth-order valence-corrected chi connectivity index (χ4v) is 1.90. The van der Waals surface area contributed by atoms with Crippen molar-refractivity contribution >= 4 is 5.91 Å². The molecule has 0 bridgehead atoms. The van der Waals surface area contributed by atoms with Crippen LogP contribution in [0.3, 0.4) is 0 Å². The van der Waals surface area contributed by atoms with Crippen LogP contribution in [0.5, 0.6) is 0 Å². The molecule has 1 fully saturated rings. The molecule has 6 heteroatoms. The third kappa shape index (κ3) is 2.83. The number of nitrogens with one attached hydrogen (secondary N) is 1. The largest absolute Gasteiger partial charge is 0.377 e. The molecule has 1 atom stereocenters. The molecule has 1 aliphatic rings. The number of ether oxygens (including phenoxy) is 1. The van der Waals surface area contributed by atoms with Crippen molar-refractivity contribution in [2.24, 2.45) is 0 Å². The van der Waals surface area contributed by atoms with Gasteiger partial charge in [-0.2, -0.15) is 0 Å². The van der Waals surface area contributed by atoms with Crippen LogP contribution in [0.2, 0.25) is 0 Å². The van der Waals surface area contributed by atoms with E-state index >= 15 is 0 Å². The number of carbonyl (C=O) groups excluding carboxylic acids is 1. The maximum atomic E-state index is 12.1. The summed E-state index contributed by atoms with van der Waals surface area (Å²) in [5, 5.41) is 7.05. The molecule has 0 unspecified atom stereocenters. The molecule has 0 aliphatic carbocycles. The van der Waals surface area contributed by atoms with Gasteiger partial charge in [-0.15, -0.1) is 0 Å². The molecular weight excluding hydrogens is 222 g/mol. The van der Waals surface area contributed by atoms with Gasteiger partial charge in [0.05, 0.1) is 0 Å². The Morgan fingerprint density at radius 3 is 3.29 bits per heavy atom. The summed E-state index contributed by atoms with van der Waals surface area (Å²) >= 11 is 0. The molecule has 1 N–H and O–H groups in total. The zero-order valence-corrected chi connectivity index (χ0v) is 10.1. The van der Waals surface area contributed by atoms with Crippen LogP contribution in [0.15, 0.2) is 10.6 Å². The van der Waals surface area contributed by atoms with E-state index in [2.05, 4.69) is 17.4 Å². The van der Waals surface area contributed by atoms with Crippen LogP contribution >= 0.6 is 0 Å². The zero-order valence-electron chi connectivity index (χ0n) is 10.1. The van der Waals surface area contributed by atoms with Crippen LogP contribution in [-0.4, -0.2) is 48.7 Å². The van der Waals surface area contributed by atoms with Crippen molar-refractivity contribution in [2.45, 2.75) is 19.6 Å². The van der Waals surface area contributed by atoms with E-state index in [1.807, 2.05) is 0 Å². The summed E-state index contributed by atoms with van der Waals surface area (Å²) in [6, 6.07) is 1.96. The Hall–Kier alpha value is -1.40. The lowest BCUT2D eigenvalue weighted by Crippen LogP contribution is -2.51. The predicted molar refractivity (Wildman–Crippen MR) is 60.6 cm³/mol. The summed E-state index contributed by atoms with van der Waals surface area (Å²) in [6.45, 7) is 4.60. The van der Waals surface area contributed by atoms with E-state index in [9.17, 15) is 4.79 Å². The first-order chi connectivity index (χ1) is 8.20. The van der Waals surface area contributed by atoms with Crippen LogP contribution in [-0.2, 0) is 11.3 Å². The Bertz CT molecular complexity index is 391. The Morgan fingerprint density at radius 1 is 1.76 bits per heavy atom. The Balaban J connectivity index is 2.02. The lowest BCUT2D eigenvalue weighted by Gasteiger charge is -2.31. The highest BCUT2D eigenvalue weighted by molar-refractivity contribution is 5.92. The van der Waals surface area contributed by atoms with Gasteiger partial charge in [0, 0.05) is 38.9 Å². The number of hydrogen-bond donors (Lipinski definition) is 1. The molecular formula is C11H17N3O3. The second-order valence-corrected chi connectivity index (χ2v) is 4.22. The van der Waals surface area contributed by atoms with Crippen molar-refractivity contribution < 1.29 is 14.1 Å². The van der Waals surface area contributed by atoms with Crippen LogP contribution in [0, 0.1) is 0 Å². The van der Waals surface area contributed by atoms with Crippen LogP contribution in [0.1, 0.15) is 23.2 Å². The van der Waals surface area contributed by atoms with Crippen molar-refractivity contribution in [3.05, 3.63) is 17.5 Å². The number of rotatable bonds is 3. The van der Waals surface area contributed by atoms with Gasteiger partial charge in [0.1, 0.15) is 6.61 Å². The van der Waals surface area contributed by atoms with Crippen molar-refractivity contribution in [3.63, 3.8) is 0 Å². The van der Waals surface area contributed by atoms with Gasteiger partial charge in [0.2, 0.25) is 0 Å². The summed E-state index contributed by atoms with van der Waals surface area (Å²) < 4.78 is 9.92. The van der Waals surface area contributed by atoms with E-state index in [1.54, 1.807) is 18.1 Å². The fourth-order valence-electron chi connectivity index (χ4n) is 1.90. The summed E-state index contributed by atoms with van der Waals surface area (Å²) in [5.41, 5.74) is 0.353. The molecule has 0 spiro atoms. The van der Waals surface area contributed by atoms with E-state index < -0.39 is 0 Å². The van der Waals surface area contributed by atoms with Gasteiger partial charge in [-0.1, -0.05) is 5.16 Å². The number of hydrogen-bond acceptors (Lipinski definition) is 5. The fraction of sp³-hybridized carbons (Fsp3) is 0.636. The first-order valence-electron chi connectivity index (χ1n) is 5.68. The first kappa shape index (κ1) is 12.1. The topological polar surface area (TPSA) is 67.6 Å². The maximum absolute atomic E-state index is 12.1. The second kappa shape index (κ2) is 5.29. The number of methoxy groups -OCH3 is 1. The van der Waals surface area contributed by atoms with E-state index in [4.69, 9.17) is 9.26 Å². The molecule has 17 heavy (non-hydrogen) atoms. The smallest absolute Gasteiger partial charge is 0.276 e. The van der Waals surface area contributed by atoms with E-state index in [0.717, 1.165) is 6.54 Å². The molecule has 2 rings (SSSR count). The predicted octanol–water partition coefficient (Wildman–Crippen LogP) is 0.255. The standard InChI is InChI=1S/C11H17N3O3/c1-8-6-14(4-3-12-8)11(15)10-5-9(7-16-2)17-13-10/h5,8,12H,3-4,6-7H2,1-2H3/t8-/m1/s1. The van der Waals surface area contributed by atoms with Crippen molar-refractivity contribution in [1.29, 1.82) is 0 Å². The Kier molecular flexibility index (Phi) is 3.75. The monoisotopic (exact) mass is 239 g/mol. The van der Waals surface area contributed by atoms with Crippen LogP contribution in [0.25, 0.3) is 0 Å². The van der Waals surface area contributed by atoms with Crippen LogP contribution < -0.4 is 5.32 Å². The molecule has 94 valence electrons. The molecule has 0 radical (unpaired) electrons. The van der Waals surface area contributed by atoms with E-state index in [1.165, 1.54) is 0 Å². The van der Waals surface area contributed by atoms with Gasteiger partial charge in [-0.3, -0.25) is 4.79 Å². The van der Waals surface area contributed by atoms with Crippen molar-refractivity contribution in [1.82, 2.24) is 15.4 Å². The van der Waals surface area contributed by atoms with E-state index in [0.29, 0.717) is 37.2 Å². The van der Waals surface area contributed by atoms with Crippen molar-refractivity contribution in [3.8, 4) is 0 Å². The van der Waals surface area contributed by atoms with Gasteiger partial charge in [0.15, 0.2) is 11.5 Å². The summed E-state index contributed by atoms with van der Waals surface area (Å²) in [7, 11) is 1.57. The Morgan fingerprint density at radius 2 is 2.59 bits per heavy atom. The lowest BCUT2D eigenvalue weighted by atomic mass is 10.2. The molecule has 1 aliphatic heterocycles. The van der Waals surface area contributed by atoms with Gasteiger partial charge in [-0.25, -0.2) is 0 Å².